The van der Waals surface area contributed by atoms with Crippen LogP contribution in [-0.4, -0.2) is 36.6 Å². The molecule has 1 atom stereocenters. The van der Waals surface area contributed by atoms with Gasteiger partial charge in [0.25, 0.3) is 0 Å². The van der Waals surface area contributed by atoms with Crippen LogP contribution in [0.1, 0.15) is 12.8 Å². The van der Waals surface area contributed by atoms with Gasteiger partial charge in [0, 0.05) is 31.3 Å². The third-order valence-corrected chi connectivity index (χ3v) is 5.36. The second kappa shape index (κ2) is 5.22. The molecule has 5 heteroatoms. The quantitative estimate of drug-likeness (QED) is 0.871. The zero-order valence-corrected chi connectivity index (χ0v) is 12.5. The van der Waals surface area contributed by atoms with Gasteiger partial charge in [0.05, 0.1) is 6.26 Å². The van der Waals surface area contributed by atoms with Gasteiger partial charge in [-0.1, -0.05) is 18.2 Å². The van der Waals surface area contributed by atoms with Crippen LogP contribution in [-0.2, 0) is 16.6 Å². The summed E-state index contributed by atoms with van der Waals surface area (Å²) >= 11 is 0. The highest BCUT2D eigenvalue weighted by atomic mass is 32.2. The summed E-state index contributed by atoms with van der Waals surface area (Å²) in [5.41, 5.74) is 1.23. The minimum Gasteiger partial charge on any atom is -0.347 e. The first kappa shape index (κ1) is 13.6. The smallest absolute Gasteiger partial charge is 0.211 e. The van der Waals surface area contributed by atoms with Gasteiger partial charge in [0.2, 0.25) is 10.0 Å². The molecule has 1 aromatic heterocycles. The van der Waals surface area contributed by atoms with Crippen molar-refractivity contribution in [2.75, 3.05) is 19.3 Å². The molecule has 0 aliphatic carbocycles. The van der Waals surface area contributed by atoms with Gasteiger partial charge in [0.15, 0.2) is 0 Å². The fourth-order valence-corrected chi connectivity index (χ4v) is 4.00. The molecule has 108 valence electrons. The molecule has 3 rings (SSSR count). The van der Waals surface area contributed by atoms with Crippen molar-refractivity contribution >= 4 is 20.9 Å². The molecule has 1 unspecified atom stereocenters. The number of piperidine rings is 1. The number of para-hydroxylation sites is 1. The van der Waals surface area contributed by atoms with Crippen molar-refractivity contribution in [1.82, 2.24) is 8.87 Å². The molecule has 0 spiro atoms. The highest BCUT2D eigenvalue weighted by Crippen LogP contribution is 2.23. The Morgan fingerprint density at radius 3 is 2.85 bits per heavy atom. The van der Waals surface area contributed by atoms with Crippen molar-refractivity contribution in [2.24, 2.45) is 5.92 Å². The van der Waals surface area contributed by atoms with E-state index in [0.717, 1.165) is 19.4 Å². The summed E-state index contributed by atoms with van der Waals surface area (Å²) in [4.78, 5) is 0. The minimum absolute atomic E-state index is 0.397. The van der Waals surface area contributed by atoms with E-state index in [1.165, 1.54) is 17.2 Å². The molecule has 0 N–H and O–H groups in total. The summed E-state index contributed by atoms with van der Waals surface area (Å²) < 4.78 is 27.2. The molecule has 4 nitrogen and oxygen atoms in total. The maximum Gasteiger partial charge on any atom is 0.211 e. The van der Waals surface area contributed by atoms with Crippen molar-refractivity contribution in [3.8, 4) is 0 Å². The highest BCUT2D eigenvalue weighted by molar-refractivity contribution is 7.88. The Balaban J connectivity index is 1.77. The summed E-state index contributed by atoms with van der Waals surface area (Å²) in [7, 11) is -3.06. The molecule has 20 heavy (non-hydrogen) atoms. The minimum atomic E-state index is -3.06. The number of fused-ring (bicyclic) bond motifs is 1. The molecular formula is C15H20N2O2S. The average molecular weight is 292 g/mol. The van der Waals surface area contributed by atoms with E-state index in [1.54, 1.807) is 4.31 Å². The zero-order chi connectivity index (χ0) is 14.2. The third kappa shape index (κ3) is 2.74. The monoisotopic (exact) mass is 292 g/mol. The van der Waals surface area contributed by atoms with E-state index in [1.807, 2.05) is 12.1 Å². The summed E-state index contributed by atoms with van der Waals surface area (Å²) in [5.74, 6) is 0.397. The van der Waals surface area contributed by atoms with Crippen LogP contribution in [0.15, 0.2) is 36.5 Å². The lowest BCUT2D eigenvalue weighted by atomic mass is 9.99. The second-order valence-corrected chi connectivity index (χ2v) is 7.64. The number of rotatable bonds is 3. The van der Waals surface area contributed by atoms with E-state index in [2.05, 4.69) is 29.0 Å². The first-order chi connectivity index (χ1) is 9.54. The molecular weight excluding hydrogens is 272 g/mol. The van der Waals surface area contributed by atoms with Crippen molar-refractivity contribution in [2.45, 2.75) is 19.4 Å². The lowest BCUT2D eigenvalue weighted by Crippen LogP contribution is -2.40. The molecule has 1 aromatic carbocycles. The van der Waals surface area contributed by atoms with Crippen LogP contribution in [0, 0.1) is 5.92 Å². The number of benzene rings is 1. The van der Waals surface area contributed by atoms with Crippen molar-refractivity contribution in [3.63, 3.8) is 0 Å². The van der Waals surface area contributed by atoms with Gasteiger partial charge in [0.1, 0.15) is 0 Å². The molecule has 0 amide bonds. The van der Waals surface area contributed by atoms with E-state index in [9.17, 15) is 8.42 Å². The zero-order valence-electron chi connectivity index (χ0n) is 11.7. The van der Waals surface area contributed by atoms with Gasteiger partial charge in [-0.05, 0) is 36.3 Å². The first-order valence-corrected chi connectivity index (χ1v) is 8.88. The Labute approximate surface area is 120 Å². The molecule has 0 radical (unpaired) electrons. The molecule has 1 fully saturated rings. The fourth-order valence-electron chi connectivity index (χ4n) is 3.06. The topological polar surface area (TPSA) is 42.3 Å². The van der Waals surface area contributed by atoms with Gasteiger partial charge in [-0.3, -0.25) is 0 Å². The maximum atomic E-state index is 11.7. The number of nitrogens with zero attached hydrogens (tertiary/aromatic N) is 2. The standard InChI is InChI=1S/C15H20N2O2S/c1-20(18,19)17-9-4-5-13(12-17)11-16-10-8-14-6-2-3-7-15(14)16/h2-3,6-8,10,13H,4-5,9,11-12H2,1H3. The lowest BCUT2D eigenvalue weighted by molar-refractivity contribution is 0.248. The lowest BCUT2D eigenvalue weighted by Gasteiger charge is -2.31. The van der Waals surface area contributed by atoms with Crippen LogP contribution in [0.2, 0.25) is 0 Å². The van der Waals surface area contributed by atoms with E-state index in [-0.39, 0.29) is 0 Å². The van der Waals surface area contributed by atoms with Crippen LogP contribution >= 0.6 is 0 Å². The van der Waals surface area contributed by atoms with Gasteiger partial charge in [-0.2, -0.15) is 0 Å². The summed E-state index contributed by atoms with van der Waals surface area (Å²) in [5, 5.41) is 1.24. The van der Waals surface area contributed by atoms with Crippen LogP contribution in [0.3, 0.4) is 0 Å². The van der Waals surface area contributed by atoms with Crippen LogP contribution < -0.4 is 0 Å². The van der Waals surface area contributed by atoms with E-state index in [4.69, 9.17) is 0 Å². The summed E-state index contributed by atoms with van der Waals surface area (Å²) in [6.45, 7) is 2.20. The molecule has 0 bridgehead atoms. The Morgan fingerprint density at radius 1 is 1.25 bits per heavy atom. The number of aromatic nitrogens is 1. The van der Waals surface area contributed by atoms with Crippen LogP contribution in [0.5, 0.6) is 0 Å². The predicted octanol–water partition coefficient (Wildman–Crippen LogP) is 2.31. The Bertz CT molecular complexity index is 705. The van der Waals surface area contributed by atoms with Crippen LogP contribution in [0.25, 0.3) is 10.9 Å². The Kier molecular flexibility index (Phi) is 3.56. The normalized spacial score (nSPS) is 21.4. The summed E-state index contributed by atoms with van der Waals surface area (Å²) in [6.07, 6.45) is 5.46. The SMILES string of the molecule is CS(=O)(=O)N1CCCC(Cn2ccc3ccccc32)C1. The van der Waals surface area contributed by atoms with Crippen LogP contribution in [0.4, 0.5) is 0 Å². The molecule has 1 aliphatic heterocycles. The third-order valence-electron chi connectivity index (χ3n) is 4.09. The fraction of sp³-hybridized carbons (Fsp3) is 0.467. The number of hydrogen-bond acceptors (Lipinski definition) is 2. The number of sulfonamides is 1. The van der Waals surface area contributed by atoms with Gasteiger partial charge in [-0.25, -0.2) is 12.7 Å². The maximum absolute atomic E-state index is 11.7. The Morgan fingerprint density at radius 2 is 2.05 bits per heavy atom. The largest absolute Gasteiger partial charge is 0.347 e. The highest BCUT2D eigenvalue weighted by Gasteiger charge is 2.26. The molecule has 2 heterocycles. The van der Waals surface area contributed by atoms with E-state index in [0.29, 0.717) is 19.0 Å². The van der Waals surface area contributed by atoms with E-state index >= 15 is 0 Å². The van der Waals surface area contributed by atoms with Gasteiger partial charge >= 0.3 is 0 Å². The number of hydrogen-bond donors (Lipinski definition) is 0. The van der Waals surface area contributed by atoms with E-state index < -0.39 is 10.0 Å². The summed E-state index contributed by atoms with van der Waals surface area (Å²) in [6, 6.07) is 10.4. The molecule has 1 saturated heterocycles. The molecule has 2 aromatic rings. The second-order valence-electron chi connectivity index (χ2n) is 5.66. The van der Waals surface area contributed by atoms with Crippen molar-refractivity contribution < 1.29 is 8.42 Å². The molecule has 1 aliphatic rings. The van der Waals surface area contributed by atoms with Gasteiger partial charge in [-0.15, -0.1) is 0 Å². The average Bonchev–Trinajstić information content (AvgIpc) is 2.82. The first-order valence-electron chi connectivity index (χ1n) is 7.03. The van der Waals surface area contributed by atoms with Gasteiger partial charge < -0.3 is 4.57 Å². The van der Waals surface area contributed by atoms with Crippen molar-refractivity contribution in [1.29, 1.82) is 0 Å². The predicted molar refractivity (Wildman–Crippen MR) is 81.1 cm³/mol. The molecule has 0 saturated carbocycles. The Hall–Kier alpha value is -1.33. The van der Waals surface area contributed by atoms with Crippen molar-refractivity contribution in [3.05, 3.63) is 36.5 Å².